The summed E-state index contributed by atoms with van der Waals surface area (Å²) in [4.78, 5) is 37.8. The van der Waals surface area contributed by atoms with E-state index in [1.165, 1.54) is 6.07 Å². The minimum Gasteiger partial charge on any atom is -0.478 e. The summed E-state index contributed by atoms with van der Waals surface area (Å²) in [5.41, 5.74) is 1.97. The van der Waals surface area contributed by atoms with Gasteiger partial charge in [-0.15, -0.1) is 0 Å². The Hall–Kier alpha value is -4.22. The van der Waals surface area contributed by atoms with Crippen LogP contribution in [-0.2, 0) is 29.2 Å². The van der Waals surface area contributed by atoms with Crippen molar-refractivity contribution in [1.82, 2.24) is 19.4 Å². The van der Waals surface area contributed by atoms with Crippen molar-refractivity contribution in [3.05, 3.63) is 82.4 Å². The summed E-state index contributed by atoms with van der Waals surface area (Å²) >= 11 is 5.83. The minimum absolute atomic E-state index is 0.00596. The number of fused-ring (bicyclic) bond motifs is 1. The van der Waals surface area contributed by atoms with Crippen molar-refractivity contribution >= 4 is 40.3 Å². The molecule has 2 aliphatic heterocycles. The molecular weight excluding hydrogens is 565 g/mol. The van der Waals surface area contributed by atoms with Gasteiger partial charge in [0.05, 0.1) is 35.8 Å². The summed E-state index contributed by atoms with van der Waals surface area (Å²) in [6.45, 7) is 2.80. The number of anilines is 1. The number of aromatic carboxylic acids is 1. The molecule has 0 bridgehead atoms. The zero-order chi connectivity index (χ0) is 29.2. The van der Waals surface area contributed by atoms with E-state index in [9.17, 15) is 19.1 Å². The van der Waals surface area contributed by atoms with Gasteiger partial charge in [0.25, 0.3) is 0 Å². The van der Waals surface area contributed by atoms with E-state index in [-0.39, 0.29) is 30.7 Å². The van der Waals surface area contributed by atoms with Crippen LogP contribution in [0.3, 0.4) is 0 Å². The van der Waals surface area contributed by atoms with Gasteiger partial charge in [0.1, 0.15) is 24.1 Å². The number of carbonyl (C=O) groups excluding carboxylic acids is 1. The van der Waals surface area contributed by atoms with E-state index in [2.05, 4.69) is 4.98 Å². The van der Waals surface area contributed by atoms with E-state index >= 15 is 0 Å². The standard InChI is InChI=1S/C30H29ClFN5O5/c31-21-6-4-20(23(32)15-21)18-42-28-3-1-2-26(34-28)35-11-12-36(29(38)17-35)16-27-33-24-7-5-19(30(39)40)14-25(24)37(27)10-8-22-9-13-41-22/h1-7,14-15,22H,8-13,16-18H2,(H,39,40)/t22-/m1/s1. The quantitative estimate of drug-likeness (QED) is 0.286. The topological polar surface area (TPSA) is 110 Å². The molecule has 0 aliphatic carbocycles. The Morgan fingerprint density at radius 3 is 2.74 bits per heavy atom. The van der Waals surface area contributed by atoms with Gasteiger partial charge in [0.2, 0.25) is 11.8 Å². The number of ether oxygens (including phenoxy) is 2. The summed E-state index contributed by atoms with van der Waals surface area (Å²) in [6.07, 6.45) is 1.97. The van der Waals surface area contributed by atoms with Gasteiger partial charge in [-0.05, 0) is 49.2 Å². The molecule has 4 heterocycles. The molecule has 0 spiro atoms. The molecule has 218 valence electrons. The van der Waals surface area contributed by atoms with Gasteiger partial charge in [-0.1, -0.05) is 23.7 Å². The van der Waals surface area contributed by atoms with E-state index in [1.54, 1.807) is 53.4 Å². The lowest BCUT2D eigenvalue weighted by atomic mass is 10.1. The minimum atomic E-state index is -1.000. The van der Waals surface area contributed by atoms with Gasteiger partial charge in [-0.2, -0.15) is 4.98 Å². The van der Waals surface area contributed by atoms with Crippen molar-refractivity contribution in [2.45, 2.75) is 38.6 Å². The Balaban J connectivity index is 1.13. The summed E-state index contributed by atoms with van der Waals surface area (Å²) < 4.78 is 27.4. The molecule has 0 unspecified atom stereocenters. The lowest BCUT2D eigenvalue weighted by Crippen LogP contribution is -2.50. The van der Waals surface area contributed by atoms with E-state index < -0.39 is 11.8 Å². The molecule has 1 amide bonds. The number of rotatable bonds is 10. The number of imidazole rings is 1. The molecule has 2 saturated heterocycles. The fourth-order valence-corrected chi connectivity index (χ4v) is 5.31. The van der Waals surface area contributed by atoms with Gasteiger partial charge in [0, 0.05) is 42.9 Å². The maximum absolute atomic E-state index is 14.1. The summed E-state index contributed by atoms with van der Waals surface area (Å²) in [5.74, 6) is 0.0849. The highest BCUT2D eigenvalue weighted by molar-refractivity contribution is 6.30. The molecule has 2 fully saturated rings. The molecule has 2 aromatic heterocycles. The third-order valence-corrected chi connectivity index (χ3v) is 7.85. The van der Waals surface area contributed by atoms with Crippen molar-refractivity contribution in [2.75, 3.05) is 31.1 Å². The number of pyridine rings is 1. The molecule has 6 rings (SSSR count). The van der Waals surface area contributed by atoms with Gasteiger partial charge in [-0.3, -0.25) is 4.79 Å². The maximum atomic E-state index is 14.1. The smallest absolute Gasteiger partial charge is 0.335 e. The number of hydrogen-bond acceptors (Lipinski definition) is 7. The second-order valence-electron chi connectivity index (χ2n) is 10.4. The Morgan fingerprint density at radius 2 is 2.00 bits per heavy atom. The number of aromatic nitrogens is 3. The number of hydrogen-bond donors (Lipinski definition) is 1. The van der Waals surface area contributed by atoms with Crippen molar-refractivity contribution in [3.63, 3.8) is 0 Å². The van der Waals surface area contributed by atoms with Gasteiger partial charge in [-0.25, -0.2) is 14.2 Å². The van der Waals surface area contributed by atoms with E-state index in [0.717, 1.165) is 25.0 Å². The normalized spacial score (nSPS) is 17.0. The number of amides is 1. The average Bonchev–Trinajstić information content (AvgIpc) is 3.29. The maximum Gasteiger partial charge on any atom is 0.335 e. The van der Waals surface area contributed by atoms with Crippen LogP contribution in [0.4, 0.5) is 10.2 Å². The van der Waals surface area contributed by atoms with E-state index in [4.69, 9.17) is 26.1 Å². The lowest BCUT2D eigenvalue weighted by Gasteiger charge is -2.35. The molecule has 2 aliphatic rings. The number of carboxylic acids is 1. The lowest BCUT2D eigenvalue weighted by molar-refractivity contribution is -0.131. The van der Waals surface area contributed by atoms with Gasteiger partial charge >= 0.3 is 5.97 Å². The van der Waals surface area contributed by atoms with Crippen LogP contribution in [0, 0.1) is 5.82 Å². The van der Waals surface area contributed by atoms with Crippen LogP contribution in [0.5, 0.6) is 5.88 Å². The monoisotopic (exact) mass is 593 g/mol. The van der Waals surface area contributed by atoms with E-state index in [0.29, 0.717) is 59.8 Å². The molecule has 2 aromatic carbocycles. The predicted octanol–water partition coefficient (Wildman–Crippen LogP) is 4.53. The zero-order valence-corrected chi connectivity index (χ0v) is 23.5. The number of aryl methyl sites for hydroxylation is 1. The molecule has 42 heavy (non-hydrogen) atoms. The van der Waals surface area contributed by atoms with Crippen LogP contribution in [0.15, 0.2) is 54.6 Å². The SMILES string of the molecule is O=C(O)c1ccc2nc(CN3CCN(c4cccc(OCc5ccc(Cl)cc5F)n4)CC3=O)n(CC[C@@H]3CCO3)c2c1. The summed E-state index contributed by atoms with van der Waals surface area (Å²) in [5, 5.41) is 9.81. The number of benzene rings is 2. The predicted molar refractivity (Wildman–Crippen MR) is 153 cm³/mol. The highest BCUT2D eigenvalue weighted by atomic mass is 35.5. The second-order valence-corrected chi connectivity index (χ2v) is 10.8. The average molecular weight is 594 g/mol. The van der Waals surface area contributed by atoms with Crippen LogP contribution in [-0.4, -0.2) is 68.8 Å². The first-order valence-corrected chi connectivity index (χ1v) is 14.1. The number of piperazine rings is 1. The fourth-order valence-electron chi connectivity index (χ4n) is 5.15. The Bertz CT molecular complexity index is 1640. The third-order valence-electron chi connectivity index (χ3n) is 7.62. The number of carboxylic acid groups (broad SMARTS) is 1. The molecule has 1 N–H and O–H groups in total. The Labute approximate surface area is 246 Å². The van der Waals surface area contributed by atoms with Gasteiger partial charge < -0.3 is 28.9 Å². The Kier molecular flexibility index (Phi) is 7.94. The molecule has 12 heteroatoms. The van der Waals surface area contributed by atoms with Crippen molar-refractivity contribution in [1.29, 1.82) is 0 Å². The van der Waals surface area contributed by atoms with Crippen LogP contribution in [0.2, 0.25) is 5.02 Å². The fraction of sp³-hybridized carbons (Fsp3) is 0.333. The van der Waals surface area contributed by atoms with Crippen LogP contribution in [0.25, 0.3) is 11.0 Å². The zero-order valence-electron chi connectivity index (χ0n) is 22.7. The molecule has 4 aromatic rings. The third kappa shape index (κ3) is 6.02. The highest BCUT2D eigenvalue weighted by Crippen LogP contribution is 2.25. The largest absolute Gasteiger partial charge is 0.478 e. The Morgan fingerprint density at radius 1 is 1.14 bits per heavy atom. The molecule has 0 saturated carbocycles. The molecular formula is C30H29ClFN5O5. The first-order valence-electron chi connectivity index (χ1n) is 13.7. The molecule has 1 atom stereocenters. The van der Waals surface area contributed by atoms with Gasteiger partial charge in [0.15, 0.2) is 0 Å². The molecule has 0 radical (unpaired) electrons. The van der Waals surface area contributed by atoms with Crippen LogP contribution < -0.4 is 9.64 Å². The number of nitrogens with zero attached hydrogens (tertiary/aromatic N) is 5. The van der Waals surface area contributed by atoms with Crippen molar-refractivity contribution in [3.8, 4) is 5.88 Å². The summed E-state index contributed by atoms with van der Waals surface area (Å²) in [6, 6.07) is 14.6. The summed E-state index contributed by atoms with van der Waals surface area (Å²) in [7, 11) is 0. The van der Waals surface area contributed by atoms with Crippen LogP contribution >= 0.6 is 11.6 Å². The first kappa shape index (κ1) is 27.9. The number of carbonyl (C=O) groups is 2. The van der Waals surface area contributed by atoms with Crippen molar-refractivity contribution in [2.24, 2.45) is 0 Å². The number of halogens is 2. The van der Waals surface area contributed by atoms with E-state index in [1.807, 2.05) is 9.47 Å². The van der Waals surface area contributed by atoms with Crippen LogP contribution in [0.1, 0.15) is 34.6 Å². The second kappa shape index (κ2) is 11.9. The van der Waals surface area contributed by atoms with Crippen molar-refractivity contribution < 1.29 is 28.6 Å². The highest BCUT2D eigenvalue weighted by Gasteiger charge is 2.27. The molecule has 10 nitrogen and oxygen atoms in total. The first-order chi connectivity index (χ1) is 20.3.